The topological polar surface area (TPSA) is 42.0 Å². The number of halogens is 1. The predicted molar refractivity (Wildman–Crippen MR) is 77.4 cm³/mol. The molecule has 0 radical (unpaired) electrons. The van der Waals surface area contributed by atoms with Crippen LogP contribution < -0.4 is 5.32 Å². The first-order valence-corrected chi connectivity index (χ1v) is 6.18. The van der Waals surface area contributed by atoms with Crippen molar-refractivity contribution >= 4 is 23.1 Å². The molecule has 2 aromatic rings. The molecule has 1 aromatic carbocycles. The van der Waals surface area contributed by atoms with Crippen LogP contribution in [0.25, 0.3) is 0 Å². The molecule has 96 valence electrons. The highest BCUT2D eigenvalue weighted by molar-refractivity contribution is 6.30. The monoisotopic (exact) mass is 272 g/mol. The van der Waals surface area contributed by atoms with Gasteiger partial charge in [-0.2, -0.15) is 0 Å². The molecular formula is C15H13ClN2O. The van der Waals surface area contributed by atoms with Crippen LogP contribution >= 0.6 is 11.6 Å². The van der Waals surface area contributed by atoms with Gasteiger partial charge in [-0.05, 0) is 37.3 Å². The number of carbonyl (C=O) groups excluding carboxylic acids is 1. The molecule has 0 saturated heterocycles. The molecule has 0 saturated carbocycles. The molecular weight excluding hydrogens is 260 g/mol. The lowest BCUT2D eigenvalue weighted by molar-refractivity contribution is 0.104. The first-order chi connectivity index (χ1) is 9.15. The van der Waals surface area contributed by atoms with Gasteiger partial charge in [-0.3, -0.25) is 9.78 Å². The van der Waals surface area contributed by atoms with Crippen molar-refractivity contribution in [3.63, 3.8) is 0 Å². The van der Waals surface area contributed by atoms with Gasteiger partial charge < -0.3 is 5.32 Å². The van der Waals surface area contributed by atoms with E-state index in [9.17, 15) is 4.79 Å². The standard InChI is InChI=1S/C15H13ClN2O/c1-11(18-14-6-2-5-13(16)9-14)8-15(19)12-4-3-7-17-10-12/h2-10,18H,1H3/b11-8+. The van der Waals surface area contributed by atoms with Crippen molar-refractivity contribution in [2.75, 3.05) is 5.32 Å². The Morgan fingerprint density at radius 2 is 2.16 bits per heavy atom. The van der Waals surface area contributed by atoms with Gasteiger partial charge in [-0.1, -0.05) is 17.7 Å². The van der Waals surface area contributed by atoms with E-state index in [1.165, 1.54) is 6.08 Å². The smallest absolute Gasteiger partial charge is 0.189 e. The molecule has 0 aliphatic carbocycles. The zero-order valence-corrected chi connectivity index (χ0v) is 11.2. The summed E-state index contributed by atoms with van der Waals surface area (Å²) in [5.41, 5.74) is 2.16. The molecule has 0 aliphatic heterocycles. The molecule has 3 nitrogen and oxygen atoms in total. The van der Waals surface area contributed by atoms with Gasteiger partial charge in [0.25, 0.3) is 0 Å². The van der Waals surface area contributed by atoms with Gasteiger partial charge in [0.1, 0.15) is 0 Å². The van der Waals surface area contributed by atoms with Crippen LogP contribution in [0.1, 0.15) is 17.3 Å². The van der Waals surface area contributed by atoms with E-state index in [0.29, 0.717) is 10.6 Å². The van der Waals surface area contributed by atoms with Crippen molar-refractivity contribution < 1.29 is 4.79 Å². The van der Waals surface area contributed by atoms with Crippen LogP contribution in [0, 0.1) is 0 Å². The van der Waals surface area contributed by atoms with Crippen molar-refractivity contribution in [2.45, 2.75) is 6.92 Å². The minimum Gasteiger partial charge on any atom is -0.359 e. The Hall–Kier alpha value is -2.13. The summed E-state index contributed by atoms with van der Waals surface area (Å²) in [6, 6.07) is 10.8. The highest BCUT2D eigenvalue weighted by atomic mass is 35.5. The van der Waals surface area contributed by atoms with Crippen molar-refractivity contribution in [2.24, 2.45) is 0 Å². The second-order valence-corrected chi connectivity index (χ2v) is 4.51. The fourth-order valence-corrected chi connectivity index (χ4v) is 1.81. The maximum Gasteiger partial charge on any atom is 0.189 e. The van der Waals surface area contributed by atoms with E-state index in [1.54, 1.807) is 36.7 Å². The molecule has 2 rings (SSSR count). The number of aromatic nitrogens is 1. The molecule has 0 fully saturated rings. The van der Waals surface area contributed by atoms with Crippen LogP contribution in [0.2, 0.25) is 5.02 Å². The van der Waals surface area contributed by atoms with Crippen molar-refractivity contribution in [1.29, 1.82) is 0 Å². The van der Waals surface area contributed by atoms with Crippen LogP contribution in [-0.4, -0.2) is 10.8 Å². The number of hydrogen-bond donors (Lipinski definition) is 1. The molecule has 1 aromatic heterocycles. The van der Waals surface area contributed by atoms with Gasteiger partial charge in [-0.25, -0.2) is 0 Å². The fraction of sp³-hybridized carbons (Fsp3) is 0.0667. The number of nitrogens with zero attached hydrogens (tertiary/aromatic N) is 1. The lowest BCUT2D eigenvalue weighted by Gasteiger charge is -2.06. The summed E-state index contributed by atoms with van der Waals surface area (Å²) in [4.78, 5) is 15.9. The van der Waals surface area contributed by atoms with E-state index in [0.717, 1.165) is 11.4 Å². The average molecular weight is 273 g/mol. The number of rotatable bonds is 4. The van der Waals surface area contributed by atoms with Crippen molar-refractivity contribution in [3.05, 3.63) is 71.2 Å². The second-order valence-electron chi connectivity index (χ2n) is 4.07. The van der Waals surface area contributed by atoms with Crippen molar-refractivity contribution in [1.82, 2.24) is 4.98 Å². The molecule has 0 bridgehead atoms. The largest absolute Gasteiger partial charge is 0.359 e. The van der Waals surface area contributed by atoms with E-state index in [-0.39, 0.29) is 5.78 Å². The van der Waals surface area contributed by atoms with Gasteiger partial charge in [0.15, 0.2) is 5.78 Å². The normalized spacial score (nSPS) is 11.2. The van der Waals surface area contributed by atoms with Crippen LogP contribution in [0.3, 0.4) is 0 Å². The third kappa shape index (κ3) is 3.93. The molecule has 0 spiro atoms. The minimum absolute atomic E-state index is 0.0832. The molecule has 1 N–H and O–H groups in total. The molecule has 0 unspecified atom stereocenters. The summed E-state index contributed by atoms with van der Waals surface area (Å²) >= 11 is 5.90. The summed E-state index contributed by atoms with van der Waals surface area (Å²) in [6.45, 7) is 1.83. The second kappa shape index (κ2) is 6.16. The first-order valence-electron chi connectivity index (χ1n) is 5.80. The van der Waals surface area contributed by atoms with Crippen LogP contribution in [-0.2, 0) is 0 Å². The quantitative estimate of drug-likeness (QED) is 0.677. The summed E-state index contributed by atoms with van der Waals surface area (Å²) < 4.78 is 0. The van der Waals surface area contributed by atoms with E-state index >= 15 is 0 Å². The zero-order chi connectivity index (χ0) is 13.7. The highest BCUT2D eigenvalue weighted by Crippen LogP contribution is 2.16. The Balaban J connectivity index is 2.09. The number of benzene rings is 1. The van der Waals surface area contributed by atoms with E-state index in [4.69, 9.17) is 11.6 Å². The molecule has 4 heteroatoms. The summed E-state index contributed by atoms with van der Waals surface area (Å²) in [5.74, 6) is -0.0832. The number of ketones is 1. The Morgan fingerprint density at radius 3 is 2.84 bits per heavy atom. The zero-order valence-electron chi connectivity index (χ0n) is 10.4. The van der Waals surface area contributed by atoms with Gasteiger partial charge in [0.2, 0.25) is 0 Å². The molecule has 0 aliphatic rings. The van der Waals surface area contributed by atoms with Gasteiger partial charge >= 0.3 is 0 Å². The fourth-order valence-electron chi connectivity index (χ4n) is 1.62. The van der Waals surface area contributed by atoms with Gasteiger partial charge in [-0.15, -0.1) is 0 Å². The minimum atomic E-state index is -0.0832. The Morgan fingerprint density at radius 1 is 1.32 bits per heavy atom. The molecule has 1 heterocycles. The first kappa shape index (κ1) is 13.3. The maximum atomic E-state index is 11.9. The number of allylic oxidation sites excluding steroid dienone is 2. The number of hydrogen-bond acceptors (Lipinski definition) is 3. The van der Waals surface area contributed by atoms with E-state index in [1.807, 2.05) is 19.1 Å². The Labute approximate surface area is 116 Å². The lowest BCUT2D eigenvalue weighted by Crippen LogP contribution is -2.01. The number of carbonyl (C=O) groups is 1. The molecule has 19 heavy (non-hydrogen) atoms. The van der Waals surface area contributed by atoms with Crippen LogP contribution in [0.5, 0.6) is 0 Å². The van der Waals surface area contributed by atoms with Crippen LogP contribution in [0.4, 0.5) is 5.69 Å². The summed E-state index contributed by atoms with van der Waals surface area (Å²) in [7, 11) is 0. The number of anilines is 1. The lowest BCUT2D eigenvalue weighted by atomic mass is 10.1. The highest BCUT2D eigenvalue weighted by Gasteiger charge is 2.03. The summed E-state index contributed by atoms with van der Waals surface area (Å²) in [6.07, 6.45) is 4.72. The third-order valence-electron chi connectivity index (χ3n) is 2.46. The SMILES string of the molecule is C/C(=C\C(=O)c1cccnc1)Nc1cccc(Cl)c1. The average Bonchev–Trinajstić information content (AvgIpc) is 2.39. The van der Waals surface area contributed by atoms with Gasteiger partial charge in [0.05, 0.1) is 0 Å². The van der Waals surface area contributed by atoms with Crippen molar-refractivity contribution in [3.8, 4) is 0 Å². The number of nitrogens with one attached hydrogen (secondary N) is 1. The van der Waals surface area contributed by atoms with E-state index in [2.05, 4.69) is 10.3 Å². The number of pyridine rings is 1. The maximum absolute atomic E-state index is 11.9. The predicted octanol–water partition coefficient (Wildman–Crippen LogP) is 3.93. The van der Waals surface area contributed by atoms with E-state index < -0.39 is 0 Å². The Kier molecular flexibility index (Phi) is 4.31. The third-order valence-corrected chi connectivity index (χ3v) is 2.69. The van der Waals surface area contributed by atoms with Gasteiger partial charge in [0, 0.05) is 40.4 Å². The summed E-state index contributed by atoms with van der Waals surface area (Å²) in [5, 5.41) is 3.77. The molecule has 0 atom stereocenters. The van der Waals surface area contributed by atoms with Crippen LogP contribution in [0.15, 0.2) is 60.6 Å². The molecule has 0 amide bonds. The Bertz CT molecular complexity index is 609.